The van der Waals surface area contributed by atoms with Crippen molar-refractivity contribution in [2.75, 3.05) is 13.2 Å². The molecule has 1 N–H and O–H groups in total. The van der Waals surface area contributed by atoms with Gasteiger partial charge in [-0.05, 0) is 12.1 Å². The molecule has 0 saturated carbocycles. The first-order valence-corrected chi connectivity index (χ1v) is 3.81. The molecule has 6 heteroatoms. The minimum Gasteiger partial charge on any atom is -0.475 e. The third-order valence-electron chi connectivity index (χ3n) is 1.41. The van der Waals surface area contributed by atoms with E-state index in [1.54, 1.807) is 0 Å². The summed E-state index contributed by atoms with van der Waals surface area (Å²) in [6.07, 6.45) is -3.29. The van der Waals surface area contributed by atoms with Crippen LogP contribution in [0.4, 0.5) is 13.2 Å². The minimum absolute atomic E-state index is 0.208. The van der Waals surface area contributed by atoms with Gasteiger partial charge in [0, 0.05) is 6.20 Å². The molecule has 0 fully saturated rings. The van der Waals surface area contributed by atoms with Crippen LogP contribution >= 0.6 is 0 Å². The fourth-order valence-electron chi connectivity index (χ4n) is 0.864. The van der Waals surface area contributed by atoms with Crippen molar-refractivity contribution in [2.24, 2.45) is 0 Å². The van der Waals surface area contributed by atoms with Crippen molar-refractivity contribution >= 4 is 0 Å². The van der Waals surface area contributed by atoms with Crippen LogP contribution in [0.2, 0.25) is 0 Å². The van der Waals surface area contributed by atoms with E-state index in [-0.39, 0.29) is 13.2 Å². The number of alkyl halides is 3. The first-order valence-electron chi connectivity index (χ1n) is 3.81. The predicted molar refractivity (Wildman–Crippen MR) is 41.8 cm³/mol. The van der Waals surface area contributed by atoms with E-state index in [0.29, 0.717) is 0 Å². The van der Waals surface area contributed by atoms with Gasteiger partial charge in [0.2, 0.25) is 5.88 Å². The van der Waals surface area contributed by atoms with Crippen LogP contribution in [0.15, 0.2) is 18.3 Å². The highest BCUT2D eigenvalue weighted by Gasteiger charge is 2.34. The summed E-state index contributed by atoms with van der Waals surface area (Å²) in [6.45, 7) is -0.562. The maximum absolute atomic E-state index is 12.3. The smallest absolute Gasteiger partial charge is 0.421 e. The summed E-state index contributed by atoms with van der Waals surface area (Å²) in [5.41, 5.74) is -0.937. The van der Waals surface area contributed by atoms with E-state index in [1.807, 2.05) is 0 Å². The SMILES string of the molecule is OCCOc1ncccc1C(F)(F)F. The zero-order valence-corrected chi connectivity index (χ0v) is 7.08. The van der Waals surface area contributed by atoms with Crippen LogP contribution < -0.4 is 4.74 Å². The van der Waals surface area contributed by atoms with Crippen molar-refractivity contribution in [3.8, 4) is 5.88 Å². The molecule has 1 heterocycles. The van der Waals surface area contributed by atoms with Gasteiger partial charge >= 0.3 is 6.18 Å². The highest BCUT2D eigenvalue weighted by molar-refractivity contribution is 5.28. The van der Waals surface area contributed by atoms with Crippen molar-refractivity contribution in [2.45, 2.75) is 6.18 Å². The standard InChI is InChI=1S/C8H8F3NO2/c9-8(10,11)6-2-1-3-12-7(6)14-5-4-13/h1-3,13H,4-5H2. The summed E-state index contributed by atoms with van der Waals surface area (Å²) in [6, 6.07) is 2.05. The lowest BCUT2D eigenvalue weighted by Crippen LogP contribution is -2.11. The number of rotatable bonds is 3. The zero-order chi connectivity index (χ0) is 10.6. The van der Waals surface area contributed by atoms with Crippen molar-refractivity contribution in [1.82, 2.24) is 4.98 Å². The molecule has 0 bridgehead atoms. The fraction of sp³-hybridized carbons (Fsp3) is 0.375. The summed E-state index contributed by atoms with van der Waals surface area (Å²) in [5, 5.41) is 8.39. The molecule has 0 unspecified atom stereocenters. The highest BCUT2D eigenvalue weighted by Crippen LogP contribution is 2.34. The Morgan fingerprint density at radius 3 is 2.71 bits per heavy atom. The number of hydrogen-bond donors (Lipinski definition) is 1. The molecular weight excluding hydrogens is 199 g/mol. The number of ether oxygens (including phenoxy) is 1. The lowest BCUT2D eigenvalue weighted by Gasteiger charge is -2.11. The number of hydrogen-bond acceptors (Lipinski definition) is 3. The zero-order valence-electron chi connectivity index (χ0n) is 7.08. The van der Waals surface area contributed by atoms with E-state index in [4.69, 9.17) is 5.11 Å². The van der Waals surface area contributed by atoms with E-state index in [0.717, 1.165) is 6.07 Å². The summed E-state index contributed by atoms with van der Waals surface area (Å²) >= 11 is 0. The number of nitrogens with zero attached hydrogens (tertiary/aromatic N) is 1. The van der Waals surface area contributed by atoms with Crippen LogP contribution in [0.25, 0.3) is 0 Å². The predicted octanol–water partition coefficient (Wildman–Crippen LogP) is 1.47. The lowest BCUT2D eigenvalue weighted by molar-refractivity contribution is -0.139. The summed E-state index contributed by atoms with van der Waals surface area (Å²) in [5.74, 6) is -0.506. The Hall–Kier alpha value is -1.30. The van der Waals surface area contributed by atoms with Gasteiger partial charge in [-0.15, -0.1) is 0 Å². The van der Waals surface area contributed by atoms with E-state index >= 15 is 0 Å². The second-order valence-electron chi connectivity index (χ2n) is 2.43. The monoisotopic (exact) mass is 207 g/mol. The molecule has 0 aliphatic rings. The van der Waals surface area contributed by atoms with Crippen molar-refractivity contribution in [3.63, 3.8) is 0 Å². The second-order valence-corrected chi connectivity index (χ2v) is 2.43. The normalized spacial score (nSPS) is 11.4. The lowest BCUT2D eigenvalue weighted by atomic mass is 10.2. The first-order chi connectivity index (χ1) is 6.55. The average Bonchev–Trinajstić information content (AvgIpc) is 2.14. The molecule has 0 spiro atoms. The quantitative estimate of drug-likeness (QED) is 0.816. The summed E-state index contributed by atoms with van der Waals surface area (Å²) in [4.78, 5) is 3.43. The molecule has 1 aromatic rings. The van der Waals surface area contributed by atoms with Gasteiger partial charge in [0.05, 0.1) is 6.61 Å². The Balaban J connectivity index is 2.92. The molecule has 0 saturated heterocycles. The maximum atomic E-state index is 12.3. The van der Waals surface area contributed by atoms with Crippen LogP contribution in [0, 0.1) is 0 Å². The van der Waals surface area contributed by atoms with Crippen molar-refractivity contribution in [3.05, 3.63) is 23.9 Å². The van der Waals surface area contributed by atoms with Gasteiger partial charge in [0.15, 0.2) is 0 Å². The van der Waals surface area contributed by atoms with E-state index in [9.17, 15) is 13.2 Å². The van der Waals surface area contributed by atoms with Crippen LogP contribution in [-0.2, 0) is 6.18 Å². The number of pyridine rings is 1. The molecule has 78 valence electrons. The maximum Gasteiger partial charge on any atom is 0.421 e. The third-order valence-corrected chi connectivity index (χ3v) is 1.41. The largest absolute Gasteiger partial charge is 0.475 e. The number of aromatic nitrogens is 1. The van der Waals surface area contributed by atoms with Gasteiger partial charge in [0.25, 0.3) is 0 Å². The summed E-state index contributed by atoms with van der Waals surface area (Å²) < 4.78 is 41.5. The molecule has 0 radical (unpaired) electrons. The molecule has 1 aromatic heterocycles. The van der Waals surface area contributed by atoms with Crippen LogP contribution in [0.3, 0.4) is 0 Å². The van der Waals surface area contributed by atoms with Crippen molar-refractivity contribution < 1.29 is 23.0 Å². The van der Waals surface area contributed by atoms with Crippen LogP contribution in [-0.4, -0.2) is 23.3 Å². The highest BCUT2D eigenvalue weighted by atomic mass is 19.4. The van der Waals surface area contributed by atoms with Gasteiger partial charge in [0.1, 0.15) is 12.2 Å². The van der Waals surface area contributed by atoms with Crippen LogP contribution in [0.5, 0.6) is 5.88 Å². The number of halogens is 3. The third kappa shape index (κ3) is 2.59. The molecule has 0 atom stereocenters. The topological polar surface area (TPSA) is 42.4 Å². The van der Waals surface area contributed by atoms with Crippen LogP contribution in [0.1, 0.15) is 5.56 Å². The average molecular weight is 207 g/mol. The fourth-order valence-corrected chi connectivity index (χ4v) is 0.864. The van der Waals surface area contributed by atoms with Gasteiger partial charge < -0.3 is 9.84 Å². The summed E-state index contributed by atoms with van der Waals surface area (Å²) in [7, 11) is 0. The Bertz CT molecular complexity index is 301. The number of aliphatic hydroxyl groups excluding tert-OH is 1. The van der Waals surface area contributed by atoms with Crippen molar-refractivity contribution in [1.29, 1.82) is 0 Å². The van der Waals surface area contributed by atoms with Gasteiger partial charge in [-0.1, -0.05) is 0 Å². The second kappa shape index (κ2) is 4.28. The van der Waals surface area contributed by atoms with E-state index in [1.165, 1.54) is 12.3 Å². The number of aliphatic hydroxyl groups is 1. The molecule has 1 rings (SSSR count). The van der Waals surface area contributed by atoms with Gasteiger partial charge in [-0.2, -0.15) is 13.2 Å². The Kier molecular flexibility index (Phi) is 3.29. The Labute approximate surface area is 78.2 Å². The molecule has 0 aliphatic carbocycles. The molecule has 0 aromatic carbocycles. The first kappa shape index (κ1) is 10.8. The van der Waals surface area contributed by atoms with E-state index < -0.39 is 17.6 Å². The molecule has 0 amide bonds. The Morgan fingerprint density at radius 2 is 2.14 bits per heavy atom. The molecule has 14 heavy (non-hydrogen) atoms. The Morgan fingerprint density at radius 1 is 1.43 bits per heavy atom. The van der Waals surface area contributed by atoms with E-state index in [2.05, 4.69) is 9.72 Å². The van der Waals surface area contributed by atoms with Gasteiger partial charge in [-0.3, -0.25) is 0 Å². The van der Waals surface area contributed by atoms with Gasteiger partial charge in [-0.25, -0.2) is 4.98 Å². The molecule has 0 aliphatic heterocycles. The minimum atomic E-state index is -4.49. The molecular formula is C8H8F3NO2. The molecule has 3 nitrogen and oxygen atoms in total.